The van der Waals surface area contributed by atoms with Crippen LogP contribution in [0.5, 0.6) is 0 Å². The summed E-state index contributed by atoms with van der Waals surface area (Å²) in [5.74, 6) is 0. The summed E-state index contributed by atoms with van der Waals surface area (Å²) in [6.07, 6.45) is 2.15. The highest BCUT2D eigenvalue weighted by Gasteiger charge is 2.15. The van der Waals surface area contributed by atoms with Crippen LogP contribution in [0.15, 0.2) is 0 Å². The summed E-state index contributed by atoms with van der Waals surface area (Å²) in [6, 6.07) is 0. The monoisotopic (exact) mass is 165 g/mol. The van der Waals surface area contributed by atoms with Crippen LogP contribution < -0.4 is 5.14 Å². The predicted octanol–water partition coefficient (Wildman–Crippen LogP) is -0.281. The molecule has 0 amide bonds. The lowest BCUT2D eigenvalue weighted by atomic mass is 10.2. The number of hydrogen-bond donors (Lipinski definition) is 1. The van der Waals surface area contributed by atoms with Crippen molar-refractivity contribution in [3.05, 3.63) is 0 Å². The highest BCUT2D eigenvalue weighted by Crippen LogP contribution is 2.11. The van der Waals surface area contributed by atoms with Gasteiger partial charge in [-0.05, 0) is 12.8 Å². The van der Waals surface area contributed by atoms with E-state index in [9.17, 15) is 4.21 Å². The Morgan fingerprint density at radius 2 is 2.60 bits per heavy atom. The topological polar surface area (TPSA) is 61.6 Å². The molecule has 10 heavy (non-hydrogen) atoms. The largest absolute Gasteiger partial charge is 0.376 e. The molecule has 2 N–H and O–H groups in total. The summed E-state index contributed by atoms with van der Waals surface area (Å²) in [7, 11) is 0. The summed E-state index contributed by atoms with van der Waals surface area (Å²) in [4.78, 5) is 0. The van der Waals surface area contributed by atoms with Crippen LogP contribution in [0, 0.1) is 0 Å². The summed E-state index contributed by atoms with van der Waals surface area (Å²) >= 11 is -1.64. The zero-order valence-corrected chi connectivity index (χ0v) is 6.43. The van der Waals surface area contributed by atoms with Gasteiger partial charge in [-0.15, -0.1) is 0 Å². The van der Waals surface area contributed by atoms with Crippen LogP contribution in [0.1, 0.15) is 12.8 Å². The molecule has 0 saturated carbocycles. The van der Waals surface area contributed by atoms with Crippen LogP contribution in [0.25, 0.3) is 0 Å². The average Bonchev–Trinajstić information content (AvgIpc) is 2.34. The summed E-state index contributed by atoms with van der Waals surface area (Å²) in [5.41, 5.74) is 0. The second-order valence-electron chi connectivity index (χ2n) is 2.18. The van der Waals surface area contributed by atoms with Crippen molar-refractivity contribution in [1.29, 1.82) is 0 Å². The molecule has 0 radical (unpaired) electrons. The van der Waals surface area contributed by atoms with Crippen molar-refractivity contribution < 1.29 is 13.1 Å². The third-order valence-corrected chi connectivity index (χ3v) is 1.76. The van der Waals surface area contributed by atoms with Gasteiger partial charge in [0.2, 0.25) is 11.3 Å². The molecular weight excluding hydrogens is 154 g/mol. The highest BCUT2D eigenvalue weighted by molar-refractivity contribution is 7.77. The van der Waals surface area contributed by atoms with Crippen LogP contribution in [0.3, 0.4) is 0 Å². The Labute approximate surface area is 62.5 Å². The van der Waals surface area contributed by atoms with Crippen LogP contribution in [0.2, 0.25) is 0 Å². The van der Waals surface area contributed by atoms with Gasteiger partial charge in [0, 0.05) is 6.61 Å². The Morgan fingerprint density at radius 3 is 3.10 bits per heavy atom. The van der Waals surface area contributed by atoms with Gasteiger partial charge < -0.3 is 4.74 Å². The van der Waals surface area contributed by atoms with E-state index in [2.05, 4.69) is 4.18 Å². The van der Waals surface area contributed by atoms with Crippen molar-refractivity contribution in [3.63, 3.8) is 0 Å². The Kier molecular flexibility index (Phi) is 3.27. The molecule has 1 saturated heterocycles. The molecule has 4 nitrogen and oxygen atoms in total. The second-order valence-corrected chi connectivity index (χ2v) is 2.94. The molecule has 1 fully saturated rings. The SMILES string of the molecule is NS(=O)OCC1CCCO1. The van der Waals surface area contributed by atoms with Crippen molar-refractivity contribution >= 4 is 11.3 Å². The van der Waals surface area contributed by atoms with Crippen LogP contribution >= 0.6 is 0 Å². The number of ether oxygens (including phenoxy) is 1. The van der Waals surface area contributed by atoms with Crippen LogP contribution in [0.4, 0.5) is 0 Å². The van der Waals surface area contributed by atoms with Gasteiger partial charge in [0.1, 0.15) is 0 Å². The van der Waals surface area contributed by atoms with E-state index < -0.39 is 11.3 Å². The van der Waals surface area contributed by atoms with Crippen molar-refractivity contribution in [2.24, 2.45) is 5.14 Å². The molecule has 0 bridgehead atoms. The maximum Gasteiger partial charge on any atom is 0.231 e. The van der Waals surface area contributed by atoms with Gasteiger partial charge in [0.25, 0.3) is 0 Å². The minimum Gasteiger partial charge on any atom is -0.376 e. The maximum atomic E-state index is 10.2. The Bertz CT molecular complexity index is 124. The first-order chi connectivity index (χ1) is 4.79. The molecule has 0 aromatic heterocycles. The lowest BCUT2D eigenvalue weighted by Gasteiger charge is -2.06. The molecule has 1 aliphatic heterocycles. The minimum atomic E-state index is -1.64. The van der Waals surface area contributed by atoms with E-state index in [1.807, 2.05) is 0 Å². The number of hydrogen-bond acceptors (Lipinski definition) is 3. The fraction of sp³-hybridized carbons (Fsp3) is 1.00. The summed E-state index contributed by atoms with van der Waals surface area (Å²) in [6.45, 7) is 1.13. The standard InChI is InChI=1S/C5H11NO3S/c6-10(7)9-4-5-2-1-3-8-5/h5H,1-4,6H2. The first-order valence-electron chi connectivity index (χ1n) is 3.20. The minimum absolute atomic E-state index is 0.104. The van der Waals surface area contributed by atoms with Gasteiger partial charge in [0.05, 0.1) is 12.7 Å². The van der Waals surface area contributed by atoms with E-state index >= 15 is 0 Å². The van der Waals surface area contributed by atoms with Gasteiger partial charge in [-0.25, -0.2) is 9.35 Å². The van der Waals surface area contributed by atoms with Gasteiger partial charge in [-0.2, -0.15) is 0 Å². The lowest BCUT2D eigenvalue weighted by Crippen LogP contribution is -2.18. The molecule has 1 aliphatic rings. The summed E-state index contributed by atoms with van der Waals surface area (Å²) < 4.78 is 20.1. The Hall–Kier alpha value is 0.0300. The predicted molar refractivity (Wildman–Crippen MR) is 37.3 cm³/mol. The fourth-order valence-corrected chi connectivity index (χ4v) is 1.20. The van der Waals surface area contributed by atoms with E-state index in [4.69, 9.17) is 9.88 Å². The molecule has 0 aromatic carbocycles. The molecule has 0 spiro atoms. The van der Waals surface area contributed by atoms with Crippen molar-refractivity contribution in [2.75, 3.05) is 13.2 Å². The normalized spacial score (nSPS) is 28.7. The number of rotatable bonds is 3. The second kappa shape index (κ2) is 4.02. The van der Waals surface area contributed by atoms with Gasteiger partial charge in [-0.3, -0.25) is 4.18 Å². The molecule has 5 heteroatoms. The van der Waals surface area contributed by atoms with Gasteiger partial charge in [-0.1, -0.05) is 0 Å². The highest BCUT2D eigenvalue weighted by atomic mass is 32.2. The quantitative estimate of drug-likeness (QED) is 0.625. The van der Waals surface area contributed by atoms with E-state index in [0.29, 0.717) is 6.61 Å². The lowest BCUT2D eigenvalue weighted by molar-refractivity contribution is 0.0726. The zero-order chi connectivity index (χ0) is 7.40. The molecule has 1 heterocycles. The molecule has 2 unspecified atom stereocenters. The molecule has 2 atom stereocenters. The van der Waals surface area contributed by atoms with Crippen LogP contribution in [-0.4, -0.2) is 23.5 Å². The van der Waals surface area contributed by atoms with E-state index in [1.165, 1.54) is 0 Å². The fourth-order valence-electron chi connectivity index (χ4n) is 0.919. The van der Waals surface area contributed by atoms with Crippen LogP contribution in [-0.2, 0) is 20.2 Å². The third kappa shape index (κ3) is 2.74. The third-order valence-electron chi connectivity index (χ3n) is 1.39. The van der Waals surface area contributed by atoms with Gasteiger partial charge in [0.15, 0.2) is 0 Å². The molecular formula is C5H11NO3S. The van der Waals surface area contributed by atoms with Crippen molar-refractivity contribution in [3.8, 4) is 0 Å². The van der Waals surface area contributed by atoms with Gasteiger partial charge >= 0.3 is 0 Å². The average molecular weight is 165 g/mol. The Morgan fingerprint density at radius 1 is 1.80 bits per heavy atom. The maximum absolute atomic E-state index is 10.2. The molecule has 1 rings (SSSR count). The molecule has 0 aromatic rings. The van der Waals surface area contributed by atoms with Crippen molar-refractivity contribution in [2.45, 2.75) is 18.9 Å². The first-order valence-corrected chi connectivity index (χ1v) is 4.34. The van der Waals surface area contributed by atoms with E-state index in [0.717, 1.165) is 19.4 Å². The van der Waals surface area contributed by atoms with E-state index in [-0.39, 0.29) is 6.10 Å². The number of nitrogens with two attached hydrogens (primary N) is 1. The van der Waals surface area contributed by atoms with E-state index in [1.54, 1.807) is 0 Å². The summed E-state index contributed by atoms with van der Waals surface area (Å²) in [5, 5.41) is 4.86. The Balaban J connectivity index is 2.07. The van der Waals surface area contributed by atoms with Crippen molar-refractivity contribution in [1.82, 2.24) is 0 Å². The zero-order valence-electron chi connectivity index (χ0n) is 5.62. The molecule has 60 valence electrons. The molecule has 0 aliphatic carbocycles. The first kappa shape index (κ1) is 8.13. The smallest absolute Gasteiger partial charge is 0.231 e.